The van der Waals surface area contributed by atoms with E-state index in [0.717, 1.165) is 0 Å². The number of carbonyl (C=O) groups is 1. The van der Waals surface area contributed by atoms with Gasteiger partial charge in [0.1, 0.15) is 0 Å². The monoisotopic (exact) mass is 201 g/mol. The molecule has 0 spiro atoms. The normalized spacial score (nSPS) is 9.92. The molecule has 0 bridgehead atoms. The van der Waals surface area contributed by atoms with E-state index < -0.39 is 5.97 Å². The Labute approximate surface area is 79.6 Å². The van der Waals surface area contributed by atoms with Crippen molar-refractivity contribution in [2.45, 2.75) is 6.42 Å². The van der Waals surface area contributed by atoms with Gasteiger partial charge >= 0.3 is 5.97 Å². The number of aromatic hydroxyl groups is 1. The third kappa shape index (κ3) is 2.26. The van der Waals surface area contributed by atoms with Crippen molar-refractivity contribution in [3.05, 3.63) is 22.7 Å². The van der Waals surface area contributed by atoms with Gasteiger partial charge in [0, 0.05) is 0 Å². The zero-order valence-electron chi connectivity index (χ0n) is 6.62. The molecule has 0 aromatic heterocycles. The summed E-state index contributed by atoms with van der Waals surface area (Å²) in [6.45, 7) is 0. The van der Waals surface area contributed by atoms with E-state index in [9.17, 15) is 4.79 Å². The summed E-state index contributed by atoms with van der Waals surface area (Å²) in [5, 5.41) is 17.7. The number of anilines is 1. The number of phenols is 1. The summed E-state index contributed by atoms with van der Waals surface area (Å²) in [5.74, 6) is -1.18. The van der Waals surface area contributed by atoms with Crippen LogP contribution in [0.4, 0.5) is 5.69 Å². The lowest BCUT2D eigenvalue weighted by Crippen LogP contribution is -2.00. The summed E-state index contributed by atoms with van der Waals surface area (Å²) in [5.41, 5.74) is 5.92. The van der Waals surface area contributed by atoms with E-state index >= 15 is 0 Å². The molecule has 5 heteroatoms. The molecule has 0 aliphatic heterocycles. The van der Waals surface area contributed by atoms with E-state index in [0.29, 0.717) is 5.56 Å². The number of phenolic OH excluding ortho intramolecular Hbond substituents is 1. The molecule has 4 N–H and O–H groups in total. The second kappa shape index (κ2) is 3.53. The smallest absolute Gasteiger partial charge is 0.307 e. The van der Waals surface area contributed by atoms with Crippen LogP contribution < -0.4 is 5.73 Å². The molecule has 1 aromatic carbocycles. The van der Waals surface area contributed by atoms with Crippen molar-refractivity contribution >= 4 is 23.3 Å². The number of aliphatic carboxylic acids is 1. The van der Waals surface area contributed by atoms with E-state index in [2.05, 4.69) is 0 Å². The number of benzene rings is 1. The van der Waals surface area contributed by atoms with Gasteiger partial charge in [0.05, 0.1) is 17.1 Å². The van der Waals surface area contributed by atoms with Gasteiger partial charge < -0.3 is 15.9 Å². The number of nitrogens with two attached hydrogens (primary N) is 1. The number of nitrogen functional groups attached to an aromatic ring is 1. The Bertz CT molecular complexity index is 328. The fourth-order valence-corrected chi connectivity index (χ4v) is 1.20. The number of carboxylic acids is 1. The molecule has 0 radical (unpaired) electrons. The highest BCUT2D eigenvalue weighted by molar-refractivity contribution is 6.32. The van der Waals surface area contributed by atoms with E-state index in [-0.39, 0.29) is 22.9 Å². The van der Waals surface area contributed by atoms with Crippen molar-refractivity contribution in [3.8, 4) is 5.75 Å². The Hall–Kier alpha value is -1.42. The van der Waals surface area contributed by atoms with Gasteiger partial charge in [-0.25, -0.2) is 0 Å². The van der Waals surface area contributed by atoms with Gasteiger partial charge in [-0.1, -0.05) is 11.6 Å². The summed E-state index contributed by atoms with van der Waals surface area (Å²) < 4.78 is 0. The molecule has 70 valence electrons. The molecule has 1 rings (SSSR count). The maximum absolute atomic E-state index is 10.3. The first kappa shape index (κ1) is 9.67. The molecule has 4 nitrogen and oxygen atoms in total. The fraction of sp³-hybridized carbons (Fsp3) is 0.125. The van der Waals surface area contributed by atoms with Crippen molar-refractivity contribution in [3.63, 3.8) is 0 Å². The predicted octanol–water partition coefficient (Wildman–Crippen LogP) is 1.25. The molecule has 0 fully saturated rings. The van der Waals surface area contributed by atoms with Crippen LogP contribution in [-0.2, 0) is 11.2 Å². The van der Waals surface area contributed by atoms with Crippen LogP contribution in [0.15, 0.2) is 12.1 Å². The number of halogens is 1. The SMILES string of the molecule is Nc1cc(CC(=O)O)cc(Cl)c1O. The first-order chi connectivity index (χ1) is 6.00. The molecule has 0 saturated heterocycles. The lowest BCUT2D eigenvalue weighted by Gasteiger charge is -2.03. The molecule has 0 aliphatic carbocycles. The van der Waals surface area contributed by atoms with Crippen molar-refractivity contribution in [2.24, 2.45) is 0 Å². The van der Waals surface area contributed by atoms with E-state index in [1.807, 2.05) is 0 Å². The average Bonchev–Trinajstić information content (AvgIpc) is 1.98. The topological polar surface area (TPSA) is 83.6 Å². The lowest BCUT2D eigenvalue weighted by molar-refractivity contribution is -0.136. The highest BCUT2D eigenvalue weighted by Gasteiger charge is 2.07. The van der Waals surface area contributed by atoms with Crippen LogP contribution in [0.3, 0.4) is 0 Å². The minimum absolute atomic E-state index is 0.0660. The summed E-state index contributed by atoms with van der Waals surface area (Å²) in [7, 11) is 0. The fourth-order valence-electron chi connectivity index (χ4n) is 0.955. The number of hydrogen-bond donors (Lipinski definition) is 3. The first-order valence-corrected chi connectivity index (χ1v) is 3.87. The largest absolute Gasteiger partial charge is 0.504 e. The quantitative estimate of drug-likeness (QED) is 0.497. The Kier molecular flexibility index (Phi) is 2.63. The maximum atomic E-state index is 10.3. The van der Waals surface area contributed by atoms with E-state index in [1.54, 1.807) is 0 Å². The van der Waals surface area contributed by atoms with Gasteiger partial charge in [0.25, 0.3) is 0 Å². The molecule has 1 aromatic rings. The van der Waals surface area contributed by atoms with Gasteiger partial charge in [0.15, 0.2) is 5.75 Å². The number of carboxylic acid groups (broad SMARTS) is 1. The molecule has 0 unspecified atom stereocenters. The first-order valence-electron chi connectivity index (χ1n) is 3.49. The maximum Gasteiger partial charge on any atom is 0.307 e. The average molecular weight is 202 g/mol. The molecular formula is C8H8ClNO3. The van der Waals surface area contributed by atoms with Crippen LogP contribution >= 0.6 is 11.6 Å². The second-order valence-electron chi connectivity index (χ2n) is 2.59. The molecular weight excluding hydrogens is 194 g/mol. The Morgan fingerprint density at radius 2 is 2.15 bits per heavy atom. The molecule has 13 heavy (non-hydrogen) atoms. The zero-order chi connectivity index (χ0) is 10.0. The van der Waals surface area contributed by atoms with Crippen LogP contribution in [0.5, 0.6) is 5.75 Å². The minimum atomic E-state index is -0.971. The molecule has 0 aliphatic rings. The molecule has 0 heterocycles. The lowest BCUT2D eigenvalue weighted by atomic mass is 10.1. The summed E-state index contributed by atoms with van der Waals surface area (Å²) in [4.78, 5) is 10.3. The van der Waals surface area contributed by atoms with Crippen LogP contribution in [0, 0.1) is 0 Å². The Balaban J connectivity index is 3.06. The summed E-state index contributed by atoms with van der Waals surface area (Å²) in [6, 6.07) is 2.76. The predicted molar refractivity (Wildman–Crippen MR) is 48.9 cm³/mol. The van der Waals surface area contributed by atoms with Gasteiger partial charge in [-0.3, -0.25) is 4.79 Å². The van der Waals surface area contributed by atoms with Crippen molar-refractivity contribution < 1.29 is 15.0 Å². The van der Waals surface area contributed by atoms with Crippen LogP contribution in [-0.4, -0.2) is 16.2 Å². The van der Waals surface area contributed by atoms with E-state index in [4.69, 9.17) is 27.5 Å². The number of rotatable bonds is 2. The molecule has 0 amide bonds. The van der Waals surface area contributed by atoms with Gasteiger partial charge in [-0.05, 0) is 17.7 Å². The molecule has 0 saturated carbocycles. The summed E-state index contributed by atoms with van der Waals surface area (Å²) >= 11 is 5.58. The summed E-state index contributed by atoms with van der Waals surface area (Å²) in [6.07, 6.45) is -0.163. The highest BCUT2D eigenvalue weighted by Crippen LogP contribution is 2.30. The van der Waals surface area contributed by atoms with Crippen LogP contribution in [0.25, 0.3) is 0 Å². The third-order valence-corrected chi connectivity index (χ3v) is 1.80. The van der Waals surface area contributed by atoms with Crippen LogP contribution in [0.1, 0.15) is 5.56 Å². The van der Waals surface area contributed by atoms with Crippen molar-refractivity contribution in [1.82, 2.24) is 0 Å². The highest BCUT2D eigenvalue weighted by atomic mass is 35.5. The molecule has 0 atom stereocenters. The van der Waals surface area contributed by atoms with Gasteiger partial charge in [-0.2, -0.15) is 0 Å². The Morgan fingerprint density at radius 1 is 1.54 bits per heavy atom. The van der Waals surface area contributed by atoms with Crippen molar-refractivity contribution in [1.29, 1.82) is 0 Å². The van der Waals surface area contributed by atoms with Gasteiger partial charge in [-0.15, -0.1) is 0 Å². The van der Waals surface area contributed by atoms with E-state index in [1.165, 1.54) is 12.1 Å². The zero-order valence-corrected chi connectivity index (χ0v) is 7.38. The second-order valence-corrected chi connectivity index (χ2v) is 2.99. The number of hydrogen-bond acceptors (Lipinski definition) is 3. The third-order valence-electron chi connectivity index (χ3n) is 1.51. The van der Waals surface area contributed by atoms with Gasteiger partial charge in [0.2, 0.25) is 0 Å². The Morgan fingerprint density at radius 3 is 2.62 bits per heavy atom. The minimum Gasteiger partial charge on any atom is -0.504 e. The van der Waals surface area contributed by atoms with Crippen LogP contribution in [0.2, 0.25) is 5.02 Å². The standard InChI is InChI=1S/C8H8ClNO3/c9-5-1-4(3-7(11)12)2-6(10)8(5)13/h1-2,13H,3,10H2,(H,11,12). The van der Waals surface area contributed by atoms with Crippen molar-refractivity contribution in [2.75, 3.05) is 5.73 Å².